The van der Waals surface area contributed by atoms with Crippen LogP contribution in [0, 0.1) is 13.8 Å². The van der Waals surface area contributed by atoms with Crippen LogP contribution in [0.4, 0.5) is 0 Å². The van der Waals surface area contributed by atoms with Gasteiger partial charge in [0, 0.05) is 24.7 Å². The van der Waals surface area contributed by atoms with E-state index in [2.05, 4.69) is 11.0 Å². The van der Waals surface area contributed by atoms with E-state index in [0.29, 0.717) is 6.04 Å². The number of methoxy groups -OCH3 is 1. The molecule has 3 heterocycles. The minimum Gasteiger partial charge on any atom is -0.496 e. The summed E-state index contributed by atoms with van der Waals surface area (Å²) in [6, 6.07) is 6.71. The Kier molecular flexibility index (Phi) is 6.20. The first-order valence-electron chi connectivity index (χ1n) is 10.7. The average molecular weight is 414 g/mol. The molecule has 2 fully saturated rings. The van der Waals surface area contributed by atoms with Gasteiger partial charge in [-0.05, 0) is 76.4 Å². The fraction of sp³-hybridized carbons (Fsp3) is 0.565. The van der Waals surface area contributed by atoms with Crippen LogP contribution < -0.4 is 4.74 Å². The number of aryl methyl sites for hydroxylation is 2. The Morgan fingerprint density at radius 3 is 2.48 bits per heavy atom. The second-order valence-corrected chi connectivity index (χ2v) is 9.24. The Hall–Kier alpha value is -1.92. The molecule has 2 saturated heterocycles. The third-order valence-electron chi connectivity index (χ3n) is 6.29. The largest absolute Gasteiger partial charge is 0.496 e. The number of rotatable bonds is 4. The summed E-state index contributed by atoms with van der Waals surface area (Å²) in [6.45, 7) is 8.16. The number of thiazole rings is 1. The summed E-state index contributed by atoms with van der Waals surface area (Å²) in [5.41, 5.74) is 2.95. The van der Waals surface area contributed by atoms with Gasteiger partial charge in [-0.1, -0.05) is 6.42 Å². The van der Waals surface area contributed by atoms with Gasteiger partial charge >= 0.3 is 0 Å². The van der Waals surface area contributed by atoms with Crippen molar-refractivity contribution < 1.29 is 9.53 Å². The molecular weight excluding hydrogens is 382 g/mol. The van der Waals surface area contributed by atoms with Gasteiger partial charge in [-0.2, -0.15) is 0 Å². The van der Waals surface area contributed by atoms with Crippen LogP contribution in [-0.4, -0.2) is 60.0 Å². The Morgan fingerprint density at radius 2 is 1.83 bits per heavy atom. The number of hydrogen-bond donors (Lipinski definition) is 0. The van der Waals surface area contributed by atoms with Crippen LogP contribution in [0.1, 0.15) is 53.0 Å². The highest BCUT2D eigenvalue weighted by Gasteiger charge is 2.29. The van der Waals surface area contributed by atoms with E-state index < -0.39 is 0 Å². The van der Waals surface area contributed by atoms with Gasteiger partial charge in [0.2, 0.25) is 0 Å². The molecule has 0 saturated carbocycles. The van der Waals surface area contributed by atoms with Crippen molar-refractivity contribution in [2.24, 2.45) is 0 Å². The first-order valence-corrected chi connectivity index (χ1v) is 11.5. The zero-order valence-electron chi connectivity index (χ0n) is 17.7. The van der Waals surface area contributed by atoms with E-state index in [4.69, 9.17) is 9.72 Å². The molecule has 6 heteroatoms. The highest BCUT2D eigenvalue weighted by atomic mass is 32.1. The Bertz CT molecular complexity index is 865. The van der Waals surface area contributed by atoms with Crippen LogP contribution in [0.15, 0.2) is 18.2 Å². The number of ether oxygens (including phenoxy) is 1. The second kappa shape index (κ2) is 8.84. The normalized spacial score (nSPS) is 18.8. The van der Waals surface area contributed by atoms with E-state index in [1.54, 1.807) is 7.11 Å². The van der Waals surface area contributed by atoms with Crippen LogP contribution in [0.3, 0.4) is 0 Å². The van der Waals surface area contributed by atoms with E-state index in [0.717, 1.165) is 58.4 Å². The minimum absolute atomic E-state index is 0.147. The molecular formula is C23H31N3O2S. The standard InChI is InChI=1S/C23H31N3O2S/c1-16-15-18(7-8-20(16)28-3)22-24-17(2)21(29-22)23(27)26-13-9-19(10-14-26)25-11-5-4-6-12-25/h7-8,15,19H,4-6,9-14H2,1-3H3. The molecule has 0 bridgehead atoms. The van der Waals surface area contributed by atoms with Crippen LogP contribution in [-0.2, 0) is 0 Å². The molecule has 2 aromatic rings. The van der Waals surface area contributed by atoms with E-state index >= 15 is 0 Å². The molecule has 0 spiro atoms. The van der Waals surface area contributed by atoms with Gasteiger partial charge in [0.05, 0.1) is 12.8 Å². The van der Waals surface area contributed by atoms with E-state index in [-0.39, 0.29) is 5.91 Å². The van der Waals surface area contributed by atoms with Crippen LogP contribution in [0.5, 0.6) is 5.75 Å². The number of aromatic nitrogens is 1. The molecule has 0 aliphatic carbocycles. The smallest absolute Gasteiger partial charge is 0.265 e. The summed E-state index contributed by atoms with van der Waals surface area (Å²) < 4.78 is 5.35. The minimum atomic E-state index is 0.147. The number of amides is 1. The number of likely N-dealkylation sites (tertiary alicyclic amines) is 2. The van der Waals surface area contributed by atoms with E-state index in [1.807, 2.05) is 30.9 Å². The summed E-state index contributed by atoms with van der Waals surface area (Å²) >= 11 is 1.51. The summed E-state index contributed by atoms with van der Waals surface area (Å²) in [6.07, 6.45) is 6.20. The van der Waals surface area contributed by atoms with Gasteiger partial charge < -0.3 is 14.5 Å². The zero-order chi connectivity index (χ0) is 20.4. The topological polar surface area (TPSA) is 45.7 Å². The molecule has 0 N–H and O–H groups in total. The second-order valence-electron chi connectivity index (χ2n) is 8.24. The first kappa shape index (κ1) is 20.4. The lowest BCUT2D eigenvalue weighted by atomic mass is 10.00. The van der Waals surface area contributed by atoms with Crippen molar-refractivity contribution in [3.8, 4) is 16.3 Å². The first-order chi connectivity index (χ1) is 14.1. The summed E-state index contributed by atoms with van der Waals surface area (Å²) in [4.78, 5) is 23.3. The highest BCUT2D eigenvalue weighted by molar-refractivity contribution is 7.17. The molecule has 1 amide bonds. The van der Waals surface area contributed by atoms with E-state index in [1.165, 1.54) is 43.7 Å². The van der Waals surface area contributed by atoms with Crippen molar-refractivity contribution in [1.82, 2.24) is 14.8 Å². The van der Waals surface area contributed by atoms with Crippen LogP contribution >= 0.6 is 11.3 Å². The molecule has 2 aliphatic rings. The molecule has 1 aromatic carbocycles. The number of carbonyl (C=O) groups excluding carboxylic acids is 1. The molecule has 5 nitrogen and oxygen atoms in total. The van der Waals surface area contributed by atoms with Crippen molar-refractivity contribution in [2.45, 2.75) is 52.0 Å². The Balaban J connectivity index is 1.44. The lowest BCUT2D eigenvalue weighted by Crippen LogP contribution is -2.48. The SMILES string of the molecule is COc1ccc(-c2nc(C)c(C(=O)N3CCC(N4CCCCC4)CC3)s2)cc1C. The fourth-order valence-electron chi connectivity index (χ4n) is 4.59. The molecule has 156 valence electrons. The maximum atomic E-state index is 13.2. The Morgan fingerprint density at radius 1 is 1.10 bits per heavy atom. The lowest BCUT2D eigenvalue weighted by molar-refractivity contribution is 0.0593. The molecule has 0 radical (unpaired) electrons. The predicted molar refractivity (Wildman–Crippen MR) is 118 cm³/mol. The lowest BCUT2D eigenvalue weighted by Gasteiger charge is -2.40. The fourth-order valence-corrected chi connectivity index (χ4v) is 5.62. The molecule has 4 rings (SSSR count). The average Bonchev–Trinajstić information content (AvgIpc) is 3.15. The number of carbonyl (C=O) groups is 1. The van der Waals surface area contributed by atoms with Gasteiger partial charge in [-0.25, -0.2) is 4.98 Å². The Labute approximate surface area is 177 Å². The van der Waals surface area contributed by atoms with Crippen molar-refractivity contribution in [3.63, 3.8) is 0 Å². The van der Waals surface area contributed by atoms with Crippen molar-refractivity contribution in [2.75, 3.05) is 33.3 Å². The maximum Gasteiger partial charge on any atom is 0.265 e. The molecule has 29 heavy (non-hydrogen) atoms. The van der Waals surface area contributed by atoms with Gasteiger partial charge in [0.25, 0.3) is 5.91 Å². The third-order valence-corrected chi connectivity index (χ3v) is 7.49. The molecule has 0 unspecified atom stereocenters. The van der Waals surface area contributed by atoms with Crippen molar-refractivity contribution in [3.05, 3.63) is 34.3 Å². The van der Waals surface area contributed by atoms with Gasteiger partial charge in [-0.15, -0.1) is 11.3 Å². The van der Waals surface area contributed by atoms with Crippen LogP contribution in [0.2, 0.25) is 0 Å². The highest BCUT2D eigenvalue weighted by Crippen LogP contribution is 2.32. The summed E-state index contributed by atoms with van der Waals surface area (Å²) in [7, 11) is 1.68. The number of benzene rings is 1. The molecule has 1 aromatic heterocycles. The molecule has 0 atom stereocenters. The van der Waals surface area contributed by atoms with Gasteiger partial charge in [0.15, 0.2) is 0 Å². The van der Waals surface area contributed by atoms with Crippen molar-refractivity contribution in [1.29, 1.82) is 0 Å². The van der Waals surface area contributed by atoms with Gasteiger partial charge in [-0.3, -0.25) is 4.79 Å². The zero-order valence-corrected chi connectivity index (χ0v) is 18.6. The maximum absolute atomic E-state index is 13.2. The number of piperidine rings is 2. The van der Waals surface area contributed by atoms with E-state index in [9.17, 15) is 4.79 Å². The summed E-state index contributed by atoms with van der Waals surface area (Å²) in [5, 5.41) is 0.903. The molecule has 2 aliphatic heterocycles. The quantitative estimate of drug-likeness (QED) is 0.739. The number of hydrogen-bond acceptors (Lipinski definition) is 5. The number of nitrogens with zero attached hydrogens (tertiary/aromatic N) is 3. The van der Waals surface area contributed by atoms with Crippen LogP contribution in [0.25, 0.3) is 10.6 Å². The van der Waals surface area contributed by atoms with Crippen molar-refractivity contribution >= 4 is 17.2 Å². The monoisotopic (exact) mass is 413 g/mol. The van der Waals surface area contributed by atoms with Gasteiger partial charge in [0.1, 0.15) is 15.6 Å². The third kappa shape index (κ3) is 4.33. The summed E-state index contributed by atoms with van der Waals surface area (Å²) in [5.74, 6) is 1.02. The predicted octanol–water partition coefficient (Wildman–Crippen LogP) is 4.53.